The van der Waals surface area contributed by atoms with Gasteiger partial charge < -0.3 is 13.9 Å². The van der Waals surface area contributed by atoms with Crippen molar-refractivity contribution in [1.29, 1.82) is 0 Å². The molecule has 0 aliphatic carbocycles. The summed E-state index contributed by atoms with van der Waals surface area (Å²) in [6.45, 7) is 22.6. The molecule has 0 radical (unpaired) electrons. The molecule has 0 unspecified atom stereocenters. The average Bonchev–Trinajstić information content (AvgIpc) is 3.95. The summed E-state index contributed by atoms with van der Waals surface area (Å²) in [5, 5.41) is 2.24. The van der Waals surface area contributed by atoms with Gasteiger partial charge in [-0.25, -0.2) is 4.98 Å². The van der Waals surface area contributed by atoms with E-state index < -0.39 is 0 Å². The molecule has 0 aliphatic rings. The quantitative estimate of drug-likeness (QED) is 0.101. The SMILES string of the molecule is CC(C)(C)c1ccc2c(c1)c1ccc(Oc3[c-]c(-n4[c-][n+](-c5cc(-c6ccccc6)cc(C(C)(C)c6ccccc6)c5)cc4C(C)(C)C)ccc3)[c-]c1n2-c1cc(C(C)(C)c2ccccc2)ccn1.[Pt]. The fourth-order valence-electron chi connectivity index (χ4n) is 9.53. The van der Waals surface area contributed by atoms with Crippen LogP contribution in [-0.4, -0.2) is 14.1 Å². The molecule has 0 aliphatic heterocycles. The van der Waals surface area contributed by atoms with Crippen LogP contribution in [0.1, 0.15) is 103 Å². The molecule has 0 N–H and O–H groups in total. The molecule has 0 amide bonds. The van der Waals surface area contributed by atoms with Crippen LogP contribution in [0, 0.1) is 18.5 Å². The van der Waals surface area contributed by atoms with Gasteiger partial charge in [-0.1, -0.05) is 184 Å². The van der Waals surface area contributed by atoms with Crippen molar-refractivity contribution in [1.82, 2.24) is 14.1 Å². The Balaban J connectivity index is 0.00000608. The maximum absolute atomic E-state index is 6.75. The fraction of sp³-hybridized carbons (Fsp3) is 0.219. The third kappa shape index (κ3) is 9.20. The molecule has 0 saturated heterocycles. The maximum Gasteiger partial charge on any atom is 0.267 e. The first-order valence-electron chi connectivity index (χ1n) is 24.0. The first-order valence-corrected chi connectivity index (χ1v) is 24.0. The average molecular weight is 1100 g/mol. The molecule has 0 spiro atoms. The second kappa shape index (κ2) is 18.5. The van der Waals surface area contributed by atoms with Crippen LogP contribution in [0.4, 0.5) is 0 Å². The molecule has 0 atom stereocenters. The third-order valence-electron chi connectivity index (χ3n) is 13.9. The van der Waals surface area contributed by atoms with Crippen LogP contribution in [0.25, 0.3) is 50.1 Å². The van der Waals surface area contributed by atoms with Crippen molar-refractivity contribution in [3.05, 3.63) is 234 Å². The third-order valence-corrected chi connectivity index (χ3v) is 13.9. The van der Waals surface area contributed by atoms with Crippen molar-refractivity contribution in [3.63, 3.8) is 0 Å². The first kappa shape index (κ1) is 48.2. The summed E-state index contributed by atoms with van der Waals surface area (Å²) in [6, 6.07) is 67.7. The minimum Gasteiger partial charge on any atom is -0.510 e. The standard InChI is InChI=1S/C64H60N4O.Pt/c1-61(2,3)48-29-32-57-56(38-48)55-31-30-54(41-58(55)68(57)60-39-49(33-34-65-60)63(7,8)46-23-16-12-17-24-46)69-53-28-20-27-51(40-53)67-43-66(42-59(67)62(4,5)6)52-36-45(44-21-14-11-15-22-44)35-50(37-52)64(9,10)47-25-18-13-19-26-47;/h11-39,42H,1-10H3;/q-2;. The van der Waals surface area contributed by atoms with Gasteiger partial charge in [-0.2, -0.15) is 18.2 Å². The molecule has 70 heavy (non-hydrogen) atoms. The molecule has 354 valence electrons. The normalized spacial score (nSPS) is 12.3. The van der Waals surface area contributed by atoms with Gasteiger partial charge >= 0.3 is 0 Å². The number of benzene rings is 7. The number of rotatable bonds is 10. The van der Waals surface area contributed by atoms with Crippen LogP contribution in [0.5, 0.6) is 11.5 Å². The largest absolute Gasteiger partial charge is 0.510 e. The molecule has 7 aromatic carbocycles. The summed E-state index contributed by atoms with van der Waals surface area (Å²) in [4.78, 5) is 5.01. The second-order valence-electron chi connectivity index (χ2n) is 21.5. The topological polar surface area (TPSA) is 35.9 Å². The van der Waals surface area contributed by atoms with E-state index in [0.29, 0.717) is 11.5 Å². The van der Waals surface area contributed by atoms with Gasteiger partial charge in [0.05, 0.1) is 11.4 Å². The number of hydrogen-bond donors (Lipinski definition) is 0. The molecule has 3 aromatic heterocycles. The van der Waals surface area contributed by atoms with E-state index >= 15 is 0 Å². The fourth-order valence-corrected chi connectivity index (χ4v) is 9.53. The van der Waals surface area contributed by atoms with Crippen LogP contribution in [-0.2, 0) is 42.7 Å². The number of pyridine rings is 1. The number of nitrogens with zero attached hydrogens (tertiary/aromatic N) is 4. The van der Waals surface area contributed by atoms with Gasteiger partial charge in [0.15, 0.2) is 0 Å². The molecule has 10 aromatic rings. The summed E-state index contributed by atoms with van der Waals surface area (Å²) in [5.74, 6) is 2.00. The molecule has 5 nitrogen and oxygen atoms in total. The molecular weight excluding hydrogens is 1040 g/mol. The van der Waals surface area contributed by atoms with Crippen molar-refractivity contribution >= 4 is 21.8 Å². The Bertz CT molecular complexity index is 3480. The Kier molecular flexibility index (Phi) is 12.7. The summed E-state index contributed by atoms with van der Waals surface area (Å²) < 4.78 is 13.2. The van der Waals surface area contributed by atoms with Gasteiger partial charge in [0.25, 0.3) is 6.33 Å². The van der Waals surface area contributed by atoms with Gasteiger partial charge in [0.2, 0.25) is 0 Å². The minimum atomic E-state index is -0.250. The summed E-state index contributed by atoms with van der Waals surface area (Å²) in [5.41, 5.74) is 12.7. The van der Waals surface area contributed by atoms with Crippen LogP contribution in [0.15, 0.2) is 182 Å². The van der Waals surface area contributed by atoms with Gasteiger partial charge in [-0.3, -0.25) is 4.57 Å². The molecule has 6 heteroatoms. The van der Waals surface area contributed by atoms with E-state index in [4.69, 9.17) is 9.72 Å². The summed E-state index contributed by atoms with van der Waals surface area (Å²) in [6.07, 6.45) is 7.88. The van der Waals surface area contributed by atoms with Crippen molar-refractivity contribution in [2.45, 2.75) is 90.9 Å². The molecule has 0 fully saturated rings. The molecule has 10 rings (SSSR count). The predicted molar refractivity (Wildman–Crippen MR) is 282 cm³/mol. The van der Waals surface area contributed by atoms with Gasteiger partial charge in [0.1, 0.15) is 5.82 Å². The van der Waals surface area contributed by atoms with Crippen LogP contribution >= 0.6 is 0 Å². The van der Waals surface area contributed by atoms with Crippen LogP contribution in [0.3, 0.4) is 0 Å². The van der Waals surface area contributed by atoms with Crippen molar-refractivity contribution in [3.8, 4) is 39.8 Å². The zero-order chi connectivity index (χ0) is 48.3. The van der Waals surface area contributed by atoms with Crippen LogP contribution in [0.2, 0.25) is 0 Å². The number of fused-ring (bicyclic) bond motifs is 3. The van der Waals surface area contributed by atoms with E-state index in [0.717, 1.165) is 50.3 Å². The van der Waals surface area contributed by atoms with E-state index in [1.807, 2.05) is 24.4 Å². The molecule has 3 heterocycles. The summed E-state index contributed by atoms with van der Waals surface area (Å²) in [7, 11) is 0. The van der Waals surface area contributed by atoms with Crippen molar-refractivity contribution in [2.24, 2.45) is 0 Å². The minimum absolute atomic E-state index is 0. The van der Waals surface area contributed by atoms with E-state index in [9.17, 15) is 0 Å². The van der Waals surface area contributed by atoms with Gasteiger partial charge in [0, 0.05) is 61.3 Å². The molecular formula is C64H60N4OPt-2. The molecule has 0 saturated carbocycles. The van der Waals surface area contributed by atoms with E-state index in [-0.39, 0.29) is 42.7 Å². The first-order chi connectivity index (χ1) is 32.9. The smallest absolute Gasteiger partial charge is 0.267 e. The number of hydrogen-bond acceptors (Lipinski definition) is 2. The number of ether oxygens (including phenoxy) is 1. The zero-order valence-electron chi connectivity index (χ0n) is 41.8. The Morgan fingerprint density at radius 3 is 1.80 bits per heavy atom. The molecule has 0 bridgehead atoms. The monoisotopic (exact) mass is 1100 g/mol. The Labute approximate surface area is 428 Å². The van der Waals surface area contributed by atoms with Crippen molar-refractivity contribution in [2.75, 3.05) is 0 Å². The zero-order valence-corrected chi connectivity index (χ0v) is 44.1. The predicted octanol–water partition coefficient (Wildman–Crippen LogP) is 15.4. The second-order valence-corrected chi connectivity index (χ2v) is 21.5. The Hall–Kier alpha value is -6.81. The maximum atomic E-state index is 6.75. The van der Waals surface area contributed by atoms with E-state index in [1.54, 1.807) is 0 Å². The van der Waals surface area contributed by atoms with E-state index in [1.165, 1.54) is 33.4 Å². The summed E-state index contributed by atoms with van der Waals surface area (Å²) >= 11 is 0. The number of aromatic nitrogens is 4. The van der Waals surface area contributed by atoms with Gasteiger partial charge in [-0.15, -0.1) is 29.7 Å². The van der Waals surface area contributed by atoms with Crippen molar-refractivity contribution < 1.29 is 30.4 Å². The number of imidazole rings is 1. The Morgan fingerprint density at radius 1 is 0.500 bits per heavy atom. The van der Waals surface area contributed by atoms with E-state index in [2.05, 4.69) is 259 Å². The Morgan fingerprint density at radius 2 is 1.14 bits per heavy atom. The van der Waals surface area contributed by atoms with Gasteiger partial charge in [-0.05, 0) is 91.2 Å². The van der Waals surface area contributed by atoms with Crippen LogP contribution < -0.4 is 9.30 Å².